The van der Waals surface area contributed by atoms with Crippen LogP contribution in [0, 0.1) is 0 Å². The van der Waals surface area contributed by atoms with Gasteiger partial charge in [0.25, 0.3) is 5.91 Å². The molecule has 1 amide bonds. The Morgan fingerprint density at radius 3 is 2.22 bits per heavy atom. The molecule has 1 aromatic rings. The van der Waals surface area contributed by atoms with Crippen LogP contribution in [0.4, 0.5) is 5.82 Å². The zero-order chi connectivity index (χ0) is 16.7. The lowest BCUT2D eigenvalue weighted by atomic mass is 10.2. The predicted octanol–water partition coefficient (Wildman–Crippen LogP) is 2.49. The van der Waals surface area contributed by atoms with E-state index in [0.29, 0.717) is 5.56 Å². The second-order valence-electron chi connectivity index (χ2n) is 6.12. The highest BCUT2D eigenvalue weighted by molar-refractivity contribution is 5.94. The number of hydrogen-bond donors (Lipinski definition) is 0. The van der Waals surface area contributed by atoms with Crippen molar-refractivity contribution in [1.82, 2.24) is 14.8 Å². The molecular formula is C18H30N4O. The second kappa shape index (κ2) is 8.87. The van der Waals surface area contributed by atoms with Gasteiger partial charge in [0.1, 0.15) is 5.82 Å². The normalized spacial score (nSPS) is 15.7. The Morgan fingerprint density at radius 1 is 1.09 bits per heavy atom. The zero-order valence-corrected chi connectivity index (χ0v) is 14.8. The molecule has 0 aliphatic carbocycles. The van der Waals surface area contributed by atoms with E-state index in [1.54, 1.807) is 6.20 Å². The summed E-state index contributed by atoms with van der Waals surface area (Å²) in [6.07, 6.45) is 3.71. The lowest BCUT2D eigenvalue weighted by Crippen LogP contribution is -2.46. The van der Waals surface area contributed by atoms with Crippen molar-refractivity contribution in [1.29, 1.82) is 0 Å². The number of rotatable bonds is 7. The molecule has 2 heterocycles. The summed E-state index contributed by atoms with van der Waals surface area (Å²) in [5.41, 5.74) is 0.697. The number of amides is 1. The first-order chi connectivity index (χ1) is 11.2. The third-order valence-corrected chi connectivity index (χ3v) is 4.41. The van der Waals surface area contributed by atoms with E-state index in [4.69, 9.17) is 0 Å². The van der Waals surface area contributed by atoms with Gasteiger partial charge in [0.15, 0.2) is 0 Å². The number of pyridine rings is 1. The van der Waals surface area contributed by atoms with Crippen LogP contribution < -0.4 is 4.90 Å². The van der Waals surface area contributed by atoms with Gasteiger partial charge in [-0.2, -0.15) is 0 Å². The molecule has 5 heteroatoms. The minimum absolute atomic E-state index is 0.101. The lowest BCUT2D eigenvalue weighted by molar-refractivity contribution is 0.0755. The van der Waals surface area contributed by atoms with Crippen molar-refractivity contribution in [3.05, 3.63) is 23.9 Å². The average molecular weight is 318 g/mol. The van der Waals surface area contributed by atoms with Crippen LogP contribution in [0.5, 0.6) is 0 Å². The first kappa shape index (κ1) is 17.7. The summed E-state index contributed by atoms with van der Waals surface area (Å²) >= 11 is 0. The summed E-state index contributed by atoms with van der Waals surface area (Å²) in [6, 6.07) is 3.92. The molecule has 0 spiro atoms. The topological polar surface area (TPSA) is 39.7 Å². The molecule has 0 N–H and O–H groups in total. The van der Waals surface area contributed by atoms with Crippen molar-refractivity contribution < 1.29 is 4.79 Å². The standard InChI is InChI=1S/C18H30N4O/c1-4-9-22(10-5-2)18(23)16-7-8-17(19-15-16)21-13-11-20(6-3)12-14-21/h7-8,15H,4-6,9-14H2,1-3H3. The summed E-state index contributed by atoms with van der Waals surface area (Å²) in [4.78, 5) is 23.8. The molecule has 0 bridgehead atoms. The Bertz CT molecular complexity index is 474. The fourth-order valence-corrected chi connectivity index (χ4v) is 3.03. The molecule has 1 fully saturated rings. The van der Waals surface area contributed by atoms with Crippen LogP contribution in [-0.2, 0) is 0 Å². The number of nitrogens with zero attached hydrogens (tertiary/aromatic N) is 4. The van der Waals surface area contributed by atoms with Crippen LogP contribution >= 0.6 is 0 Å². The largest absolute Gasteiger partial charge is 0.354 e. The first-order valence-corrected chi connectivity index (χ1v) is 8.92. The molecule has 1 aliphatic heterocycles. The Kier molecular flexibility index (Phi) is 6.84. The van der Waals surface area contributed by atoms with Crippen molar-refractivity contribution in [2.24, 2.45) is 0 Å². The van der Waals surface area contributed by atoms with Crippen LogP contribution in [0.3, 0.4) is 0 Å². The SMILES string of the molecule is CCCN(CCC)C(=O)c1ccc(N2CCN(CC)CC2)nc1. The van der Waals surface area contributed by atoms with E-state index in [1.165, 1.54) is 0 Å². The maximum Gasteiger partial charge on any atom is 0.255 e. The molecule has 2 rings (SSSR count). The minimum atomic E-state index is 0.101. The molecule has 0 atom stereocenters. The zero-order valence-electron chi connectivity index (χ0n) is 14.8. The summed E-state index contributed by atoms with van der Waals surface area (Å²) in [6.45, 7) is 13.3. The number of carbonyl (C=O) groups is 1. The van der Waals surface area contributed by atoms with Crippen molar-refractivity contribution in [3.8, 4) is 0 Å². The molecule has 23 heavy (non-hydrogen) atoms. The molecule has 128 valence electrons. The van der Waals surface area contributed by atoms with E-state index in [9.17, 15) is 4.79 Å². The Labute approximate surface area is 140 Å². The molecule has 0 saturated carbocycles. The molecule has 1 saturated heterocycles. The van der Waals surface area contributed by atoms with Gasteiger partial charge in [-0.3, -0.25) is 4.79 Å². The van der Waals surface area contributed by atoms with Gasteiger partial charge in [0.2, 0.25) is 0 Å². The Hall–Kier alpha value is -1.62. The van der Waals surface area contributed by atoms with Crippen LogP contribution in [-0.4, -0.2) is 66.5 Å². The third-order valence-electron chi connectivity index (χ3n) is 4.41. The molecule has 1 aromatic heterocycles. The van der Waals surface area contributed by atoms with Gasteiger partial charge in [-0.15, -0.1) is 0 Å². The van der Waals surface area contributed by atoms with E-state index < -0.39 is 0 Å². The van der Waals surface area contributed by atoms with Gasteiger partial charge in [0.05, 0.1) is 5.56 Å². The molecule has 0 unspecified atom stereocenters. The third kappa shape index (κ3) is 4.67. The summed E-state index contributed by atoms with van der Waals surface area (Å²) in [5, 5.41) is 0. The smallest absolute Gasteiger partial charge is 0.255 e. The fourth-order valence-electron chi connectivity index (χ4n) is 3.03. The predicted molar refractivity (Wildman–Crippen MR) is 95.0 cm³/mol. The number of aromatic nitrogens is 1. The highest BCUT2D eigenvalue weighted by Gasteiger charge is 2.18. The van der Waals surface area contributed by atoms with Crippen molar-refractivity contribution >= 4 is 11.7 Å². The average Bonchev–Trinajstić information content (AvgIpc) is 2.61. The van der Waals surface area contributed by atoms with Crippen LogP contribution in [0.15, 0.2) is 18.3 Å². The second-order valence-corrected chi connectivity index (χ2v) is 6.12. The van der Waals surface area contributed by atoms with Crippen molar-refractivity contribution in [3.63, 3.8) is 0 Å². The highest BCUT2D eigenvalue weighted by Crippen LogP contribution is 2.15. The van der Waals surface area contributed by atoms with Gasteiger partial charge in [-0.1, -0.05) is 20.8 Å². The van der Waals surface area contributed by atoms with Gasteiger partial charge in [-0.05, 0) is 31.5 Å². The van der Waals surface area contributed by atoms with Gasteiger partial charge in [0, 0.05) is 45.5 Å². The number of hydrogen-bond acceptors (Lipinski definition) is 4. The van der Waals surface area contributed by atoms with Gasteiger partial charge < -0.3 is 14.7 Å². The van der Waals surface area contributed by atoms with Crippen LogP contribution in [0.25, 0.3) is 0 Å². The molecule has 0 aromatic carbocycles. The quantitative estimate of drug-likeness (QED) is 0.774. The van der Waals surface area contributed by atoms with E-state index >= 15 is 0 Å². The van der Waals surface area contributed by atoms with Gasteiger partial charge in [-0.25, -0.2) is 4.98 Å². The summed E-state index contributed by atoms with van der Waals surface area (Å²) < 4.78 is 0. The highest BCUT2D eigenvalue weighted by atomic mass is 16.2. The van der Waals surface area contributed by atoms with E-state index in [2.05, 4.69) is 35.6 Å². The maximum absolute atomic E-state index is 12.6. The fraction of sp³-hybridized carbons (Fsp3) is 0.667. The van der Waals surface area contributed by atoms with E-state index in [-0.39, 0.29) is 5.91 Å². The van der Waals surface area contributed by atoms with Crippen LogP contribution in [0.1, 0.15) is 44.0 Å². The van der Waals surface area contributed by atoms with Crippen molar-refractivity contribution in [2.75, 3.05) is 50.7 Å². The maximum atomic E-state index is 12.6. The molecule has 1 aliphatic rings. The summed E-state index contributed by atoms with van der Waals surface area (Å²) in [7, 11) is 0. The number of anilines is 1. The first-order valence-electron chi connectivity index (χ1n) is 8.92. The molecule has 0 radical (unpaired) electrons. The number of carbonyl (C=O) groups excluding carboxylic acids is 1. The Balaban J connectivity index is 2.00. The monoisotopic (exact) mass is 318 g/mol. The molecule has 5 nitrogen and oxygen atoms in total. The van der Waals surface area contributed by atoms with E-state index in [1.807, 2.05) is 17.0 Å². The lowest BCUT2D eigenvalue weighted by Gasteiger charge is -2.34. The Morgan fingerprint density at radius 2 is 1.74 bits per heavy atom. The minimum Gasteiger partial charge on any atom is -0.354 e. The molecular weight excluding hydrogens is 288 g/mol. The van der Waals surface area contributed by atoms with Crippen LogP contribution in [0.2, 0.25) is 0 Å². The number of likely N-dealkylation sites (N-methyl/N-ethyl adjacent to an activating group) is 1. The van der Waals surface area contributed by atoms with E-state index in [0.717, 1.165) is 64.5 Å². The summed E-state index contributed by atoms with van der Waals surface area (Å²) in [5.74, 6) is 1.08. The van der Waals surface area contributed by atoms with Gasteiger partial charge >= 0.3 is 0 Å². The number of piperazine rings is 1. The van der Waals surface area contributed by atoms with Crippen molar-refractivity contribution in [2.45, 2.75) is 33.6 Å².